The molecule has 5 heteroatoms. The van der Waals surface area contributed by atoms with Gasteiger partial charge >= 0.3 is 6.00 Å². The highest BCUT2D eigenvalue weighted by atomic mass is 35.8. The van der Waals surface area contributed by atoms with Crippen LogP contribution in [0.5, 0.6) is 0 Å². The Hall–Kier alpha value is 1.38. The molecule has 0 saturated heterocycles. The second-order valence-corrected chi connectivity index (χ2v) is 12.9. The quantitative estimate of drug-likeness (QED) is 0.374. The molecule has 0 heterocycles. The maximum absolute atomic E-state index is 6.22. The fourth-order valence-electron chi connectivity index (χ4n) is 1.40. The summed E-state index contributed by atoms with van der Waals surface area (Å²) in [7, 11) is 0. The maximum Gasteiger partial charge on any atom is 0.361 e. The summed E-state index contributed by atoms with van der Waals surface area (Å²) in [5.74, 6) is 0. The van der Waals surface area contributed by atoms with Crippen molar-refractivity contribution in [3.63, 3.8) is 0 Å². The zero-order valence-corrected chi connectivity index (χ0v) is 10.1. The minimum Gasteiger partial charge on any atom is -0.124 e. The van der Waals surface area contributed by atoms with E-state index in [1.807, 2.05) is 0 Å². The van der Waals surface area contributed by atoms with Crippen LogP contribution in [0.2, 0.25) is 0 Å². The molecule has 0 aromatic rings. The number of hydrogen-bond donors (Lipinski definition) is 0. The molecule has 0 aliphatic heterocycles. The molecule has 0 amide bonds. The molecule has 0 atom stereocenters. The van der Waals surface area contributed by atoms with Gasteiger partial charge in [-0.1, -0.05) is 19.3 Å². The third-order valence-corrected chi connectivity index (χ3v) is 9.02. The van der Waals surface area contributed by atoms with Crippen LogP contribution in [0.25, 0.3) is 0 Å². The molecule has 1 fully saturated rings. The van der Waals surface area contributed by atoms with Crippen LogP contribution < -0.4 is 0 Å². The Kier molecular flexibility index (Phi) is 3.45. The van der Waals surface area contributed by atoms with Gasteiger partial charge in [-0.3, -0.25) is 0 Å². The van der Waals surface area contributed by atoms with Gasteiger partial charge in [-0.15, -0.1) is 44.8 Å². The van der Waals surface area contributed by atoms with E-state index in [1.54, 1.807) is 0 Å². The number of rotatable bonds is 1. The van der Waals surface area contributed by atoms with Gasteiger partial charge in [0.2, 0.25) is 0 Å². The van der Waals surface area contributed by atoms with E-state index < -0.39 is 10.5 Å². The van der Waals surface area contributed by atoms with E-state index >= 15 is 0 Å². The summed E-state index contributed by atoms with van der Waals surface area (Å²) in [5, 5.41) is 0. The van der Waals surface area contributed by atoms with Crippen LogP contribution in [0.1, 0.15) is 32.1 Å². The highest BCUT2D eigenvalue weighted by Gasteiger charge is 2.50. The second-order valence-electron chi connectivity index (χ2n) is 3.02. The largest absolute Gasteiger partial charge is 0.361 e. The van der Waals surface area contributed by atoms with Gasteiger partial charge in [0.25, 0.3) is 0 Å². The smallest absolute Gasteiger partial charge is 0.124 e. The monoisotopic (exact) mass is 250 g/mol. The average molecular weight is 252 g/mol. The van der Waals surface area contributed by atoms with Crippen molar-refractivity contribution in [1.29, 1.82) is 0 Å². The molecular weight excluding hydrogens is 242 g/mol. The summed E-state index contributed by atoms with van der Waals surface area (Å²) >= 11 is 23.9. The lowest BCUT2D eigenvalue weighted by Crippen LogP contribution is -2.43. The van der Waals surface area contributed by atoms with Crippen molar-refractivity contribution >= 4 is 50.8 Å². The highest BCUT2D eigenvalue weighted by molar-refractivity contribution is 7.67. The van der Waals surface area contributed by atoms with Gasteiger partial charge < -0.3 is 0 Å². The summed E-state index contributed by atoms with van der Waals surface area (Å²) < 4.78 is -0.476. The normalized spacial score (nSPS) is 25.1. The van der Waals surface area contributed by atoms with Crippen molar-refractivity contribution in [3.8, 4) is 0 Å². The van der Waals surface area contributed by atoms with Gasteiger partial charge in [0, 0.05) is 0 Å². The van der Waals surface area contributed by atoms with E-state index in [0.717, 1.165) is 25.7 Å². The van der Waals surface area contributed by atoms with Crippen molar-refractivity contribution in [2.24, 2.45) is 0 Å². The van der Waals surface area contributed by atoms with Crippen LogP contribution in [0.15, 0.2) is 0 Å². The molecule has 1 saturated carbocycles. The van der Waals surface area contributed by atoms with Gasteiger partial charge in [-0.2, -0.15) is 0 Å². The van der Waals surface area contributed by atoms with Crippen LogP contribution in [0, 0.1) is 0 Å². The Bertz CT molecular complexity index is 136. The topological polar surface area (TPSA) is 0 Å². The molecule has 0 spiro atoms. The standard InChI is InChI=1S/C6H10Cl4Si/c7-6(11(8,9)10)4-2-1-3-5-6/h1-5H2. The second kappa shape index (κ2) is 3.63. The van der Waals surface area contributed by atoms with E-state index in [0.29, 0.717) is 0 Å². The van der Waals surface area contributed by atoms with E-state index in [-0.39, 0.29) is 0 Å². The average Bonchev–Trinajstić information content (AvgIpc) is 1.87. The molecule has 1 aliphatic rings. The van der Waals surface area contributed by atoms with Crippen LogP contribution >= 0.6 is 44.8 Å². The lowest BCUT2D eigenvalue weighted by molar-refractivity contribution is 0.473. The zero-order chi connectivity index (χ0) is 8.54. The summed E-state index contributed by atoms with van der Waals surface area (Å²) in [6.07, 6.45) is 5.17. The number of alkyl halides is 1. The lowest BCUT2D eigenvalue weighted by atomic mass is 10.00. The first-order valence-corrected chi connectivity index (χ1v) is 9.13. The van der Waals surface area contributed by atoms with Crippen LogP contribution in [-0.2, 0) is 0 Å². The molecule has 1 rings (SSSR count). The Morgan fingerprint density at radius 2 is 1.36 bits per heavy atom. The molecule has 0 aromatic heterocycles. The first kappa shape index (κ1) is 10.5. The first-order valence-electron chi connectivity index (χ1n) is 3.71. The third kappa shape index (κ3) is 2.41. The van der Waals surface area contributed by atoms with E-state index in [4.69, 9.17) is 44.8 Å². The predicted molar refractivity (Wildman–Crippen MR) is 55.0 cm³/mol. The fourth-order valence-corrected chi connectivity index (χ4v) is 4.28. The summed E-state index contributed by atoms with van der Waals surface area (Å²) in [4.78, 5) is 0. The molecule has 66 valence electrons. The maximum atomic E-state index is 6.22. The lowest BCUT2D eigenvalue weighted by Gasteiger charge is -2.35. The molecule has 11 heavy (non-hydrogen) atoms. The van der Waals surface area contributed by atoms with E-state index in [1.165, 1.54) is 6.42 Å². The Balaban J connectivity index is 2.64. The third-order valence-electron chi connectivity index (χ3n) is 2.15. The summed E-state index contributed by atoms with van der Waals surface area (Å²) in [5.41, 5.74) is 0. The van der Waals surface area contributed by atoms with Gasteiger partial charge in [0.15, 0.2) is 0 Å². The van der Waals surface area contributed by atoms with Gasteiger partial charge in [-0.25, -0.2) is 0 Å². The molecule has 0 radical (unpaired) electrons. The molecule has 0 unspecified atom stereocenters. The van der Waals surface area contributed by atoms with Crippen LogP contribution in [0.3, 0.4) is 0 Å². The van der Waals surface area contributed by atoms with Crippen molar-refractivity contribution < 1.29 is 0 Å². The molecule has 1 aliphatic carbocycles. The Labute approximate surface area is 87.3 Å². The predicted octanol–water partition coefficient (Wildman–Crippen LogP) is 4.12. The van der Waals surface area contributed by atoms with Crippen LogP contribution in [0.4, 0.5) is 0 Å². The number of hydrogen-bond acceptors (Lipinski definition) is 0. The molecule has 0 nitrogen and oxygen atoms in total. The summed E-state index contributed by atoms with van der Waals surface area (Å²) in [6.45, 7) is 0. The van der Waals surface area contributed by atoms with Crippen molar-refractivity contribution in [1.82, 2.24) is 0 Å². The summed E-state index contributed by atoms with van der Waals surface area (Å²) in [6, 6.07) is -2.70. The van der Waals surface area contributed by atoms with Crippen molar-refractivity contribution in [2.45, 2.75) is 36.6 Å². The van der Waals surface area contributed by atoms with Gasteiger partial charge in [0.05, 0.1) is 4.50 Å². The highest BCUT2D eigenvalue weighted by Crippen LogP contribution is 2.47. The minimum absolute atomic E-state index is 0.476. The molecule has 0 aromatic carbocycles. The van der Waals surface area contributed by atoms with Crippen molar-refractivity contribution in [3.05, 3.63) is 0 Å². The SMILES string of the molecule is ClC1([Si](Cl)(Cl)Cl)CCCCC1. The van der Waals surface area contributed by atoms with Crippen LogP contribution in [-0.4, -0.2) is 10.5 Å². The molecule has 0 bridgehead atoms. The van der Waals surface area contributed by atoms with Gasteiger partial charge in [0.1, 0.15) is 0 Å². The van der Waals surface area contributed by atoms with Gasteiger partial charge in [-0.05, 0) is 12.8 Å². The van der Waals surface area contributed by atoms with Crippen molar-refractivity contribution in [2.75, 3.05) is 0 Å². The molecular formula is C6H10Cl4Si. The molecule has 0 N–H and O–H groups in total. The number of halogens is 4. The van der Waals surface area contributed by atoms with E-state index in [2.05, 4.69) is 0 Å². The Morgan fingerprint density at radius 1 is 0.909 bits per heavy atom. The van der Waals surface area contributed by atoms with E-state index in [9.17, 15) is 0 Å². The minimum atomic E-state index is -2.70. The zero-order valence-electron chi connectivity index (χ0n) is 6.05. The first-order chi connectivity index (χ1) is 4.96. The Morgan fingerprint density at radius 3 is 1.64 bits per heavy atom. The fraction of sp³-hybridized carbons (Fsp3) is 1.00.